The number of nitrogens with one attached hydrogen (secondary N) is 1. The molecule has 0 heterocycles. The molecule has 0 bridgehead atoms. The van der Waals surface area contributed by atoms with E-state index in [1.54, 1.807) is 0 Å². The summed E-state index contributed by atoms with van der Waals surface area (Å²) in [4.78, 5) is 12.0. The second-order valence-electron chi connectivity index (χ2n) is 4.66. The van der Waals surface area contributed by atoms with Crippen molar-refractivity contribution >= 4 is 37.8 Å². The Balaban J connectivity index is 2.87. The van der Waals surface area contributed by atoms with Crippen LogP contribution in [0.3, 0.4) is 0 Å². The molecular weight excluding hydrogens is 403 g/mol. The standard InChI is InChI=1S/C13H14Br2F3NO/c1-7(2)11(15)6-19-12(20)9-5-8(13(16,17)18)3-4-10(9)14/h3-5,7,11H,6H2,1-2H3,(H,19,20). The lowest BCUT2D eigenvalue weighted by Gasteiger charge is -2.15. The highest BCUT2D eigenvalue weighted by Gasteiger charge is 2.31. The van der Waals surface area contributed by atoms with Gasteiger partial charge in [-0.15, -0.1) is 0 Å². The lowest BCUT2D eigenvalue weighted by molar-refractivity contribution is -0.137. The van der Waals surface area contributed by atoms with E-state index >= 15 is 0 Å². The molecule has 2 nitrogen and oxygen atoms in total. The predicted molar refractivity (Wildman–Crippen MR) is 79.0 cm³/mol. The maximum atomic E-state index is 12.6. The summed E-state index contributed by atoms with van der Waals surface area (Å²) in [6.07, 6.45) is -4.47. The van der Waals surface area contributed by atoms with Gasteiger partial charge < -0.3 is 5.32 Å². The predicted octanol–water partition coefficient (Wildman–Crippen LogP) is 4.62. The second-order valence-corrected chi connectivity index (χ2v) is 6.69. The molecule has 0 fully saturated rings. The SMILES string of the molecule is CC(C)C(Br)CNC(=O)c1cc(C(F)(F)F)ccc1Br. The fraction of sp³-hybridized carbons (Fsp3) is 0.462. The maximum Gasteiger partial charge on any atom is 0.416 e. The van der Waals surface area contributed by atoms with Crippen LogP contribution in [0.2, 0.25) is 0 Å². The average Bonchev–Trinajstić information content (AvgIpc) is 2.34. The third-order valence-corrected chi connectivity index (χ3v) is 4.79. The molecule has 0 spiro atoms. The number of hydrogen-bond acceptors (Lipinski definition) is 1. The van der Waals surface area contributed by atoms with Gasteiger partial charge in [0, 0.05) is 15.8 Å². The number of carbonyl (C=O) groups excluding carboxylic acids is 1. The van der Waals surface area contributed by atoms with Gasteiger partial charge in [-0.1, -0.05) is 29.8 Å². The van der Waals surface area contributed by atoms with E-state index < -0.39 is 17.6 Å². The number of amides is 1. The number of benzene rings is 1. The highest BCUT2D eigenvalue weighted by Crippen LogP contribution is 2.31. The van der Waals surface area contributed by atoms with Gasteiger partial charge in [0.2, 0.25) is 0 Å². The zero-order valence-electron chi connectivity index (χ0n) is 10.9. The van der Waals surface area contributed by atoms with Crippen LogP contribution in [0.4, 0.5) is 13.2 Å². The van der Waals surface area contributed by atoms with Crippen molar-refractivity contribution in [3.63, 3.8) is 0 Å². The number of hydrogen-bond donors (Lipinski definition) is 1. The van der Waals surface area contributed by atoms with Crippen molar-refractivity contribution in [1.82, 2.24) is 5.32 Å². The number of carbonyl (C=O) groups is 1. The first-order valence-corrected chi connectivity index (χ1v) is 7.62. The summed E-state index contributed by atoms with van der Waals surface area (Å²) in [5.74, 6) is -0.228. The Morgan fingerprint density at radius 2 is 1.95 bits per heavy atom. The molecule has 1 aromatic carbocycles. The van der Waals surface area contributed by atoms with Crippen molar-refractivity contribution in [1.29, 1.82) is 0 Å². The van der Waals surface area contributed by atoms with Crippen molar-refractivity contribution in [2.45, 2.75) is 24.9 Å². The summed E-state index contributed by atoms with van der Waals surface area (Å²) >= 11 is 6.50. The van der Waals surface area contributed by atoms with Crippen LogP contribution in [-0.4, -0.2) is 17.3 Å². The van der Waals surface area contributed by atoms with Gasteiger partial charge in [0.25, 0.3) is 5.91 Å². The van der Waals surface area contributed by atoms with Gasteiger partial charge in [-0.2, -0.15) is 13.2 Å². The quantitative estimate of drug-likeness (QED) is 0.713. The van der Waals surface area contributed by atoms with Crippen LogP contribution in [-0.2, 0) is 6.18 Å². The van der Waals surface area contributed by atoms with Crippen molar-refractivity contribution in [2.24, 2.45) is 5.92 Å². The van der Waals surface area contributed by atoms with Crippen LogP contribution in [0.5, 0.6) is 0 Å². The van der Waals surface area contributed by atoms with Crippen LogP contribution in [0, 0.1) is 5.92 Å². The molecule has 0 aliphatic rings. The van der Waals surface area contributed by atoms with E-state index in [9.17, 15) is 18.0 Å². The van der Waals surface area contributed by atoms with E-state index in [1.807, 2.05) is 13.8 Å². The zero-order chi connectivity index (χ0) is 15.5. The number of alkyl halides is 4. The van der Waals surface area contributed by atoms with E-state index in [1.165, 1.54) is 6.07 Å². The summed E-state index contributed by atoms with van der Waals surface area (Å²) in [5.41, 5.74) is -0.867. The molecule has 1 unspecified atom stereocenters. The number of halogens is 5. The second kappa shape index (κ2) is 6.93. The van der Waals surface area contributed by atoms with E-state index in [2.05, 4.69) is 37.2 Å². The molecule has 0 aliphatic carbocycles. The van der Waals surface area contributed by atoms with Gasteiger partial charge in [0.05, 0.1) is 11.1 Å². The average molecular weight is 417 g/mol. The summed E-state index contributed by atoms with van der Waals surface area (Å²) in [6.45, 7) is 4.30. The minimum absolute atomic E-state index is 0.0247. The first kappa shape index (κ1) is 17.5. The van der Waals surface area contributed by atoms with Crippen molar-refractivity contribution in [3.05, 3.63) is 33.8 Å². The molecule has 0 aromatic heterocycles. The van der Waals surface area contributed by atoms with Crippen LogP contribution < -0.4 is 5.32 Å². The zero-order valence-corrected chi connectivity index (χ0v) is 14.1. The molecule has 1 aromatic rings. The Kier molecular flexibility index (Phi) is 6.06. The Bertz CT molecular complexity index is 489. The Morgan fingerprint density at radius 1 is 1.35 bits per heavy atom. The third kappa shape index (κ3) is 4.77. The molecule has 1 N–H and O–H groups in total. The van der Waals surface area contributed by atoms with Gasteiger partial charge >= 0.3 is 6.18 Å². The molecule has 0 radical (unpaired) electrons. The van der Waals surface area contributed by atoms with E-state index in [-0.39, 0.29) is 10.4 Å². The molecule has 1 amide bonds. The minimum atomic E-state index is -4.47. The maximum absolute atomic E-state index is 12.6. The van der Waals surface area contributed by atoms with Gasteiger partial charge in [-0.05, 0) is 40.0 Å². The van der Waals surface area contributed by atoms with E-state index in [0.29, 0.717) is 16.9 Å². The fourth-order valence-corrected chi connectivity index (χ4v) is 1.99. The van der Waals surface area contributed by atoms with E-state index in [4.69, 9.17) is 0 Å². The Labute approximate surface area is 132 Å². The molecule has 112 valence electrons. The first-order valence-electron chi connectivity index (χ1n) is 5.92. The van der Waals surface area contributed by atoms with Gasteiger partial charge in [-0.3, -0.25) is 4.79 Å². The first-order chi connectivity index (χ1) is 9.12. The minimum Gasteiger partial charge on any atom is -0.351 e. The van der Waals surface area contributed by atoms with Crippen molar-refractivity contribution in [3.8, 4) is 0 Å². The lowest BCUT2D eigenvalue weighted by atomic mass is 10.1. The van der Waals surface area contributed by atoms with Crippen LogP contribution >= 0.6 is 31.9 Å². The fourth-order valence-electron chi connectivity index (χ4n) is 1.40. The summed E-state index contributed by atoms with van der Waals surface area (Å²) < 4.78 is 38.2. The van der Waals surface area contributed by atoms with Crippen LogP contribution in [0.1, 0.15) is 29.8 Å². The molecule has 0 saturated carbocycles. The monoisotopic (exact) mass is 415 g/mol. The van der Waals surface area contributed by atoms with Crippen LogP contribution in [0.15, 0.2) is 22.7 Å². The third-order valence-electron chi connectivity index (χ3n) is 2.72. The highest BCUT2D eigenvalue weighted by atomic mass is 79.9. The van der Waals surface area contributed by atoms with Gasteiger partial charge in [0.15, 0.2) is 0 Å². The molecule has 7 heteroatoms. The van der Waals surface area contributed by atoms with Crippen molar-refractivity contribution in [2.75, 3.05) is 6.54 Å². The van der Waals surface area contributed by atoms with Gasteiger partial charge in [0.1, 0.15) is 0 Å². The summed E-state index contributed by atoms with van der Waals surface area (Å²) in [5, 5.41) is 2.62. The van der Waals surface area contributed by atoms with E-state index in [0.717, 1.165) is 12.1 Å². The smallest absolute Gasteiger partial charge is 0.351 e. The molecule has 1 atom stereocenters. The Hall–Kier alpha value is -0.560. The normalized spacial score (nSPS) is 13.4. The number of rotatable bonds is 4. The molecule has 20 heavy (non-hydrogen) atoms. The molecule has 1 rings (SSSR count). The largest absolute Gasteiger partial charge is 0.416 e. The summed E-state index contributed by atoms with van der Waals surface area (Å²) in [7, 11) is 0. The van der Waals surface area contributed by atoms with Crippen LogP contribution in [0.25, 0.3) is 0 Å². The molecule has 0 aliphatic heterocycles. The highest BCUT2D eigenvalue weighted by molar-refractivity contribution is 9.10. The molecule has 0 saturated heterocycles. The molecular formula is C13H14Br2F3NO. The van der Waals surface area contributed by atoms with Gasteiger partial charge in [-0.25, -0.2) is 0 Å². The Morgan fingerprint density at radius 3 is 2.45 bits per heavy atom. The summed E-state index contributed by atoms with van der Waals surface area (Å²) in [6, 6.07) is 3.01. The topological polar surface area (TPSA) is 29.1 Å². The van der Waals surface area contributed by atoms with Crippen molar-refractivity contribution < 1.29 is 18.0 Å². The lowest BCUT2D eigenvalue weighted by Crippen LogP contribution is -2.32.